The van der Waals surface area contributed by atoms with Gasteiger partial charge in [0.25, 0.3) is 0 Å². The molecule has 0 saturated heterocycles. The lowest BCUT2D eigenvalue weighted by Crippen LogP contribution is -2.20. The lowest BCUT2D eigenvalue weighted by Gasteiger charge is -2.04. The fourth-order valence-corrected chi connectivity index (χ4v) is 3.15. The van der Waals surface area contributed by atoms with Gasteiger partial charge in [-0.15, -0.1) is 0 Å². The summed E-state index contributed by atoms with van der Waals surface area (Å²) in [6.45, 7) is 0.849. The number of aromatic nitrogens is 2. The van der Waals surface area contributed by atoms with E-state index in [1.165, 1.54) is 16.7 Å². The van der Waals surface area contributed by atoms with Gasteiger partial charge in [-0.05, 0) is 44.8 Å². The maximum atomic E-state index is 4.41. The first-order valence-corrected chi connectivity index (χ1v) is 7.52. The largest absolute Gasteiger partial charge is 0.328 e. The minimum atomic E-state index is 0.849. The molecule has 0 bridgehead atoms. The molecular formula is C16H13BrN4. The minimum absolute atomic E-state index is 0.849. The Morgan fingerprint density at radius 1 is 1.10 bits per heavy atom. The van der Waals surface area contributed by atoms with Crippen LogP contribution in [0.25, 0.3) is 22.2 Å². The number of benzene rings is 1. The van der Waals surface area contributed by atoms with Crippen LogP contribution in [-0.2, 0) is 0 Å². The van der Waals surface area contributed by atoms with Crippen LogP contribution in [-0.4, -0.2) is 16.2 Å². The SMILES string of the molecule is Brc1cccn2ncc(-c3ccc(C4=CNNC4)cc3)c12. The molecular weight excluding hydrogens is 328 g/mol. The van der Waals surface area contributed by atoms with Crippen LogP contribution < -0.4 is 10.9 Å². The molecule has 2 aromatic heterocycles. The van der Waals surface area contributed by atoms with Gasteiger partial charge >= 0.3 is 0 Å². The molecule has 4 rings (SSSR count). The Bertz CT molecular complexity index is 833. The Hall–Kier alpha value is -2.11. The van der Waals surface area contributed by atoms with Crippen molar-refractivity contribution in [3.63, 3.8) is 0 Å². The molecule has 0 aliphatic carbocycles. The van der Waals surface area contributed by atoms with Gasteiger partial charge in [0.05, 0.1) is 11.7 Å². The number of nitrogens with one attached hydrogen (secondary N) is 2. The van der Waals surface area contributed by atoms with Gasteiger partial charge in [0.2, 0.25) is 0 Å². The zero-order valence-electron chi connectivity index (χ0n) is 11.2. The summed E-state index contributed by atoms with van der Waals surface area (Å²) >= 11 is 3.61. The van der Waals surface area contributed by atoms with Crippen molar-refractivity contribution in [1.29, 1.82) is 0 Å². The van der Waals surface area contributed by atoms with Crippen LogP contribution in [0.3, 0.4) is 0 Å². The molecule has 5 heteroatoms. The van der Waals surface area contributed by atoms with Crippen LogP contribution in [0.5, 0.6) is 0 Å². The summed E-state index contributed by atoms with van der Waals surface area (Å²) in [5.74, 6) is 0. The molecule has 4 nitrogen and oxygen atoms in total. The highest BCUT2D eigenvalue weighted by atomic mass is 79.9. The summed E-state index contributed by atoms with van der Waals surface area (Å²) in [7, 11) is 0. The number of fused-ring (bicyclic) bond motifs is 1. The summed E-state index contributed by atoms with van der Waals surface area (Å²) in [5, 5.41) is 4.41. The Kier molecular flexibility index (Phi) is 3.02. The second-order valence-electron chi connectivity index (χ2n) is 4.95. The van der Waals surface area contributed by atoms with Crippen LogP contribution in [0.15, 0.2) is 59.5 Å². The molecule has 1 aromatic carbocycles. The standard InChI is InChI=1S/C16H13BrN4/c17-15-2-1-7-21-16(15)14(10-20-21)12-5-3-11(4-6-12)13-8-18-19-9-13/h1-8,10,18-19H,9H2. The Morgan fingerprint density at radius 2 is 1.90 bits per heavy atom. The highest BCUT2D eigenvalue weighted by Crippen LogP contribution is 2.30. The van der Waals surface area contributed by atoms with Crippen LogP contribution >= 0.6 is 15.9 Å². The molecule has 0 spiro atoms. The number of halogens is 1. The van der Waals surface area contributed by atoms with E-state index < -0.39 is 0 Å². The van der Waals surface area contributed by atoms with Crippen molar-refractivity contribution in [2.45, 2.75) is 0 Å². The van der Waals surface area contributed by atoms with Gasteiger partial charge in [-0.25, -0.2) is 9.94 Å². The van der Waals surface area contributed by atoms with E-state index in [1.54, 1.807) is 0 Å². The zero-order valence-corrected chi connectivity index (χ0v) is 12.8. The number of pyridine rings is 1. The van der Waals surface area contributed by atoms with E-state index in [0.717, 1.165) is 22.1 Å². The van der Waals surface area contributed by atoms with E-state index in [2.05, 4.69) is 56.1 Å². The molecule has 1 aliphatic heterocycles. The van der Waals surface area contributed by atoms with E-state index in [9.17, 15) is 0 Å². The predicted octanol–water partition coefficient (Wildman–Crippen LogP) is 3.21. The Labute approximate surface area is 130 Å². The van der Waals surface area contributed by atoms with Gasteiger partial charge in [-0.2, -0.15) is 5.10 Å². The van der Waals surface area contributed by atoms with Crippen molar-refractivity contribution < 1.29 is 0 Å². The topological polar surface area (TPSA) is 41.4 Å². The van der Waals surface area contributed by atoms with Gasteiger partial charge in [0, 0.05) is 29.0 Å². The van der Waals surface area contributed by atoms with E-state index >= 15 is 0 Å². The molecule has 3 aromatic rings. The summed E-state index contributed by atoms with van der Waals surface area (Å²) in [5.41, 5.74) is 12.0. The van der Waals surface area contributed by atoms with Crippen LogP contribution in [0.2, 0.25) is 0 Å². The third-order valence-electron chi connectivity index (χ3n) is 3.69. The smallest absolute Gasteiger partial charge is 0.0881 e. The third-order valence-corrected chi connectivity index (χ3v) is 4.33. The number of rotatable bonds is 2. The molecule has 3 heterocycles. The van der Waals surface area contributed by atoms with Crippen molar-refractivity contribution in [3.05, 3.63) is 65.0 Å². The predicted molar refractivity (Wildman–Crippen MR) is 87.4 cm³/mol. The molecule has 1 aliphatic rings. The van der Waals surface area contributed by atoms with Gasteiger partial charge in [0.15, 0.2) is 0 Å². The quantitative estimate of drug-likeness (QED) is 0.752. The van der Waals surface area contributed by atoms with Gasteiger partial charge < -0.3 is 5.43 Å². The van der Waals surface area contributed by atoms with Crippen molar-refractivity contribution in [3.8, 4) is 11.1 Å². The van der Waals surface area contributed by atoms with E-state index in [-0.39, 0.29) is 0 Å². The minimum Gasteiger partial charge on any atom is -0.328 e. The first-order valence-electron chi connectivity index (χ1n) is 6.73. The van der Waals surface area contributed by atoms with Gasteiger partial charge in [-0.3, -0.25) is 0 Å². The Balaban J connectivity index is 1.78. The van der Waals surface area contributed by atoms with E-state index in [4.69, 9.17) is 0 Å². The highest BCUT2D eigenvalue weighted by Gasteiger charge is 2.11. The number of nitrogens with zero attached hydrogens (tertiary/aromatic N) is 2. The number of hydrogen-bond donors (Lipinski definition) is 2. The third kappa shape index (κ3) is 2.14. The molecule has 0 radical (unpaired) electrons. The molecule has 21 heavy (non-hydrogen) atoms. The second kappa shape index (κ2) is 5.02. The molecule has 2 N–H and O–H groups in total. The van der Waals surface area contributed by atoms with Crippen molar-refractivity contribution in [2.75, 3.05) is 6.54 Å². The summed E-state index contributed by atoms with van der Waals surface area (Å²) < 4.78 is 2.94. The second-order valence-corrected chi connectivity index (χ2v) is 5.81. The fraction of sp³-hybridized carbons (Fsp3) is 0.0625. The highest BCUT2D eigenvalue weighted by molar-refractivity contribution is 9.10. The fourth-order valence-electron chi connectivity index (χ4n) is 2.60. The first-order chi connectivity index (χ1) is 10.3. The zero-order chi connectivity index (χ0) is 14.2. The molecule has 104 valence electrons. The van der Waals surface area contributed by atoms with Crippen molar-refractivity contribution in [1.82, 2.24) is 20.5 Å². The average molecular weight is 341 g/mol. The molecule has 0 saturated carbocycles. The lowest BCUT2D eigenvalue weighted by molar-refractivity contribution is 0.730. The van der Waals surface area contributed by atoms with E-state index in [1.807, 2.05) is 35.2 Å². The van der Waals surface area contributed by atoms with Crippen molar-refractivity contribution >= 4 is 27.0 Å². The summed E-state index contributed by atoms with van der Waals surface area (Å²) in [4.78, 5) is 0. The van der Waals surface area contributed by atoms with E-state index in [0.29, 0.717) is 0 Å². The lowest BCUT2D eigenvalue weighted by atomic mass is 10.0. The molecule has 0 unspecified atom stereocenters. The van der Waals surface area contributed by atoms with Gasteiger partial charge in [0.1, 0.15) is 0 Å². The first kappa shape index (κ1) is 12.6. The van der Waals surface area contributed by atoms with Crippen LogP contribution in [0.1, 0.15) is 5.56 Å². The summed E-state index contributed by atoms with van der Waals surface area (Å²) in [6.07, 6.45) is 5.87. The maximum Gasteiger partial charge on any atom is 0.0881 e. The molecule has 0 atom stereocenters. The summed E-state index contributed by atoms with van der Waals surface area (Å²) in [6, 6.07) is 12.6. The van der Waals surface area contributed by atoms with Crippen LogP contribution in [0, 0.1) is 0 Å². The Morgan fingerprint density at radius 3 is 2.67 bits per heavy atom. The van der Waals surface area contributed by atoms with Gasteiger partial charge in [-0.1, -0.05) is 24.3 Å². The monoisotopic (exact) mass is 340 g/mol. The number of hydrazine groups is 1. The normalized spacial score (nSPS) is 14.2. The maximum absolute atomic E-state index is 4.41. The average Bonchev–Trinajstić information content (AvgIpc) is 3.18. The van der Waals surface area contributed by atoms with Crippen LogP contribution in [0.4, 0.5) is 0 Å². The van der Waals surface area contributed by atoms with Crippen molar-refractivity contribution in [2.24, 2.45) is 0 Å². The number of hydrogen-bond acceptors (Lipinski definition) is 3. The molecule has 0 fully saturated rings. The molecule has 0 amide bonds.